The number of hydrogen-bond donors (Lipinski definition) is 0. The van der Waals surface area contributed by atoms with Crippen LogP contribution < -0.4 is 0 Å². The molecule has 0 bridgehead atoms. The number of hydrogen-bond acceptors (Lipinski definition) is 3. The quantitative estimate of drug-likeness (QED) is 0.274. The van der Waals surface area contributed by atoms with E-state index < -0.39 is 0 Å². The second-order valence-corrected chi connectivity index (χ2v) is 9.31. The van der Waals surface area contributed by atoms with Crippen LogP contribution in [-0.4, -0.2) is 4.98 Å². The molecule has 0 saturated heterocycles. The molecule has 0 saturated carbocycles. The van der Waals surface area contributed by atoms with Crippen molar-refractivity contribution in [3.63, 3.8) is 0 Å². The minimum atomic E-state index is 1.07. The Hall–Kier alpha value is -2.01. The van der Waals surface area contributed by atoms with Crippen molar-refractivity contribution in [2.45, 2.75) is 19.6 Å². The van der Waals surface area contributed by atoms with Gasteiger partial charge in [-0.15, -0.1) is 0 Å². The van der Waals surface area contributed by atoms with Gasteiger partial charge < -0.3 is 0 Å². The van der Waals surface area contributed by atoms with Crippen LogP contribution in [0.3, 0.4) is 0 Å². The van der Waals surface area contributed by atoms with Crippen molar-refractivity contribution in [3.8, 4) is 22.3 Å². The van der Waals surface area contributed by atoms with E-state index >= 15 is 0 Å². The molecule has 27 heavy (non-hydrogen) atoms. The summed E-state index contributed by atoms with van der Waals surface area (Å²) in [5.41, 5.74) is 4.77. The van der Waals surface area contributed by atoms with Crippen LogP contribution in [0, 0.1) is 0 Å². The predicted molar refractivity (Wildman–Crippen MR) is 117 cm³/mol. The van der Waals surface area contributed by atoms with E-state index in [2.05, 4.69) is 87.6 Å². The molecular weight excluding hydrogens is 434 g/mol. The molecule has 0 fully saturated rings. The number of aromatic nitrogens is 1. The first-order valence-corrected chi connectivity index (χ1v) is 11.0. The normalized spacial score (nSPS) is 12.3. The van der Waals surface area contributed by atoms with E-state index in [0.29, 0.717) is 0 Å². The molecule has 0 atom stereocenters. The summed E-state index contributed by atoms with van der Waals surface area (Å²) in [4.78, 5) is 9.57. The van der Waals surface area contributed by atoms with E-state index in [1.165, 1.54) is 36.3 Å². The summed E-state index contributed by atoms with van der Waals surface area (Å²) >= 11 is 7.41. The van der Waals surface area contributed by atoms with E-state index in [-0.39, 0.29) is 0 Å². The van der Waals surface area contributed by atoms with Gasteiger partial charge in [-0.25, -0.2) is 0 Å². The van der Waals surface area contributed by atoms with Gasteiger partial charge >= 0.3 is 0 Å². The molecule has 0 unspecified atom stereocenters. The number of fused-ring (bicyclic) bond motifs is 2. The zero-order valence-corrected chi connectivity index (χ0v) is 17.4. The fraction of sp³-hybridized carbons (Fsp3) is 0. The number of pyridine rings is 1. The number of halogens is 1. The van der Waals surface area contributed by atoms with Crippen LogP contribution in [0.15, 0.2) is 109 Å². The molecule has 130 valence electrons. The van der Waals surface area contributed by atoms with Crippen LogP contribution in [0.4, 0.5) is 0 Å². The van der Waals surface area contributed by atoms with Gasteiger partial charge in [-0.05, 0) is 59.2 Å². The first-order valence-electron chi connectivity index (χ1n) is 8.57. The Labute approximate surface area is 175 Å². The van der Waals surface area contributed by atoms with Gasteiger partial charge in [0.15, 0.2) is 0 Å². The maximum Gasteiger partial charge on any atom is 0.0346 e. The molecule has 1 aromatic heterocycles. The molecule has 5 rings (SSSR count). The van der Waals surface area contributed by atoms with Crippen molar-refractivity contribution >= 4 is 39.5 Å². The van der Waals surface area contributed by atoms with Crippen LogP contribution >= 0.6 is 39.5 Å². The Morgan fingerprint density at radius 1 is 0.667 bits per heavy atom. The molecule has 0 radical (unpaired) electrons. The van der Waals surface area contributed by atoms with E-state index in [1.807, 2.05) is 35.8 Å². The number of nitrogens with zero attached hydrogens (tertiary/aromatic N) is 1. The molecule has 2 heterocycles. The van der Waals surface area contributed by atoms with Crippen molar-refractivity contribution < 1.29 is 0 Å². The van der Waals surface area contributed by atoms with E-state index in [1.54, 1.807) is 6.20 Å². The van der Waals surface area contributed by atoms with Crippen molar-refractivity contribution in [3.05, 3.63) is 89.7 Å². The summed E-state index contributed by atoms with van der Waals surface area (Å²) < 4.78 is 1.07. The molecule has 0 spiro atoms. The molecule has 0 N–H and O–H groups in total. The molecule has 1 aliphatic heterocycles. The highest BCUT2D eigenvalue weighted by atomic mass is 79.9. The average molecular weight is 448 g/mol. The van der Waals surface area contributed by atoms with E-state index in [0.717, 1.165) is 10.0 Å². The zero-order chi connectivity index (χ0) is 18.2. The summed E-state index contributed by atoms with van der Waals surface area (Å²) in [6, 6.07) is 25.9. The third-order valence-electron chi connectivity index (χ3n) is 4.46. The van der Waals surface area contributed by atoms with Gasteiger partial charge in [-0.3, -0.25) is 4.98 Å². The standard InChI is InChI=1S/C23H14BrNS2/c24-18-12-16(15-5-4-10-25-14-15)11-17(13-18)19-6-3-9-22-23(19)27-21-8-2-1-7-20(21)26-22/h1-14H. The van der Waals surface area contributed by atoms with Gasteiger partial charge in [0, 0.05) is 42.0 Å². The summed E-state index contributed by atoms with van der Waals surface area (Å²) in [6.45, 7) is 0. The van der Waals surface area contributed by atoms with E-state index in [4.69, 9.17) is 0 Å². The van der Waals surface area contributed by atoms with Crippen molar-refractivity contribution in [1.29, 1.82) is 0 Å². The first-order chi connectivity index (χ1) is 13.3. The van der Waals surface area contributed by atoms with Crippen LogP contribution in [-0.2, 0) is 0 Å². The lowest BCUT2D eigenvalue weighted by Gasteiger charge is -2.21. The third-order valence-corrected chi connectivity index (χ3v) is 7.54. The lowest BCUT2D eigenvalue weighted by atomic mass is 10.00. The monoisotopic (exact) mass is 447 g/mol. The van der Waals surface area contributed by atoms with Gasteiger partial charge in [-0.2, -0.15) is 0 Å². The molecular formula is C23H14BrNS2. The second kappa shape index (κ2) is 7.19. The molecule has 0 aliphatic carbocycles. The average Bonchev–Trinajstić information content (AvgIpc) is 2.72. The molecule has 4 heteroatoms. The molecule has 0 amide bonds. The Bertz CT molecular complexity index is 1140. The van der Waals surface area contributed by atoms with Crippen molar-refractivity contribution in [2.24, 2.45) is 0 Å². The van der Waals surface area contributed by atoms with Crippen molar-refractivity contribution in [1.82, 2.24) is 4.98 Å². The van der Waals surface area contributed by atoms with Crippen LogP contribution in [0.5, 0.6) is 0 Å². The Morgan fingerprint density at radius 3 is 2.26 bits per heavy atom. The SMILES string of the molecule is Brc1cc(-c2cccnc2)cc(-c2cccc3c2Sc2ccccc2S3)c1. The van der Waals surface area contributed by atoms with Gasteiger partial charge in [0.05, 0.1) is 0 Å². The Balaban J connectivity index is 1.64. The topological polar surface area (TPSA) is 12.9 Å². The molecule has 4 aromatic rings. The fourth-order valence-electron chi connectivity index (χ4n) is 3.22. The van der Waals surface area contributed by atoms with Gasteiger partial charge in [0.25, 0.3) is 0 Å². The number of rotatable bonds is 2. The predicted octanol–water partition coefficient (Wildman–Crippen LogP) is 7.79. The first kappa shape index (κ1) is 17.1. The zero-order valence-electron chi connectivity index (χ0n) is 14.2. The largest absolute Gasteiger partial charge is 0.264 e. The maximum absolute atomic E-state index is 4.27. The van der Waals surface area contributed by atoms with Gasteiger partial charge in [0.1, 0.15) is 0 Å². The highest BCUT2D eigenvalue weighted by Gasteiger charge is 2.20. The molecule has 1 nitrogen and oxygen atoms in total. The minimum Gasteiger partial charge on any atom is -0.264 e. The summed E-state index contributed by atoms with van der Waals surface area (Å²) in [7, 11) is 0. The smallest absolute Gasteiger partial charge is 0.0346 e. The van der Waals surface area contributed by atoms with Crippen molar-refractivity contribution in [2.75, 3.05) is 0 Å². The third kappa shape index (κ3) is 3.33. The lowest BCUT2D eigenvalue weighted by molar-refractivity contribution is 1.16. The summed E-state index contributed by atoms with van der Waals surface area (Å²) in [5.74, 6) is 0. The number of benzene rings is 3. The highest BCUT2D eigenvalue weighted by Crippen LogP contribution is 2.51. The molecule has 3 aromatic carbocycles. The van der Waals surface area contributed by atoms with Gasteiger partial charge in [-0.1, -0.05) is 69.8 Å². The van der Waals surface area contributed by atoms with E-state index in [9.17, 15) is 0 Å². The summed E-state index contributed by atoms with van der Waals surface area (Å²) in [6.07, 6.45) is 3.72. The Kier molecular flexibility index (Phi) is 4.56. The van der Waals surface area contributed by atoms with Crippen LogP contribution in [0.25, 0.3) is 22.3 Å². The van der Waals surface area contributed by atoms with Gasteiger partial charge in [0.2, 0.25) is 0 Å². The Morgan fingerprint density at radius 2 is 1.44 bits per heavy atom. The van der Waals surface area contributed by atoms with Crippen LogP contribution in [0.2, 0.25) is 0 Å². The highest BCUT2D eigenvalue weighted by molar-refractivity contribution is 9.10. The maximum atomic E-state index is 4.27. The van der Waals surface area contributed by atoms with Crippen LogP contribution in [0.1, 0.15) is 0 Å². The molecule has 1 aliphatic rings. The summed E-state index contributed by atoms with van der Waals surface area (Å²) in [5, 5.41) is 0. The minimum absolute atomic E-state index is 1.07. The second-order valence-electron chi connectivity index (χ2n) is 6.25. The lowest BCUT2D eigenvalue weighted by Crippen LogP contribution is -1.93. The fourth-order valence-corrected chi connectivity index (χ4v) is 6.12.